The van der Waals surface area contributed by atoms with E-state index in [1.807, 2.05) is 24.4 Å². The summed E-state index contributed by atoms with van der Waals surface area (Å²) in [5.74, 6) is 3.26. The molecule has 2 aliphatic rings. The Kier molecular flexibility index (Phi) is 5.27. The van der Waals surface area contributed by atoms with Crippen molar-refractivity contribution in [2.24, 2.45) is 0 Å². The summed E-state index contributed by atoms with van der Waals surface area (Å²) in [5.41, 5.74) is 1.12. The van der Waals surface area contributed by atoms with Crippen LogP contribution in [0.2, 0.25) is 5.02 Å². The first kappa shape index (κ1) is 17.6. The van der Waals surface area contributed by atoms with Crippen LogP contribution >= 0.6 is 11.6 Å². The summed E-state index contributed by atoms with van der Waals surface area (Å²) in [6, 6.07) is 8.35. The Bertz CT molecular complexity index is 765. The number of methoxy groups -OCH3 is 1. The van der Waals surface area contributed by atoms with E-state index in [0.29, 0.717) is 12.0 Å². The van der Waals surface area contributed by atoms with Crippen LogP contribution in [0.5, 0.6) is 5.75 Å². The van der Waals surface area contributed by atoms with Gasteiger partial charge >= 0.3 is 0 Å². The van der Waals surface area contributed by atoms with Crippen LogP contribution in [0, 0.1) is 0 Å². The summed E-state index contributed by atoms with van der Waals surface area (Å²) < 4.78 is 5.33. The largest absolute Gasteiger partial charge is 0.495 e. The molecule has 0 amide bonds. The van der Waals surface area contributed by atoms with Gasteiger partial charge in [-0.05, 0) is 49.9 Å². The number of benzene rings is 1. The van der Waals surface area contributed by atoms with Gasteiger partial charge in [0, 0.05) is 31.2 Å². The highest BCUT2D eigenvalue weighted by molar-refractivity contribution is 6.32. The van der Waals surface area contributed by atoms with Gasteiger partial charge in [-0.25, -0.2) is 9.97 Å². The second kappa shape index (κ2) is 7.80. The summed E-state index contributed by atoms with van der Waals surface area (Å²) >= 11 is 6.46. The van der Waals surface area contributed by atoms with Gasteiger partial charge in [-0.1, -0.05) is 23.7 Å². The molecule has 2 aromatic rings. The highest BCUT2D eigenvalue weighted by Crippen LogP contribution is 2.38. The predicted octanol–water partition coefficient (Wildman–Crippen LogP) is 4.09. The molecule has 0 radical (unpaired) electrons. The fraction of sp³-hybridized carbons (Fsp3) is 0.500. The first-order valence-corrected chi connectivity index (χ1v) is 9.74. The zero-order valence-electron chi connectivity index (χ0n) is 15.1. The van der Waals surface area contributed by atoms with E-state index in [1.165, 1.54) is 19.3 Å². The molecule has 1 aliphatic heterocycles. The topological polar surface area (TPSA) is 50.3 Å². The van der Waals surface area contributed by atoms with Crippen LogP contribution < -0.4 is 10.1 Å². The third kappa shape index (κ3) is 4.10. The maximum Gasteiger partial charge on any atom is 0.137 e. The lowest BCUT2D eigenvalue weighted by Crippen LogP contribution is -2.41. The molecular formula is C20H25ClN4O. The number of likely N-dealkylation sites (tertiary alicyclic amines) is 1. The summed E-state index contributed by atoms with van der Waals surface area (Å²) in [6.45, 7) is 2.91. The molecule has 138 valence electrons. The molecule has 1 atom stereocenters. The van der Waals surface area contributed by atoms with Gasteiger partial charge in [0.1, 0.15) is 17.4 Å². The van der Waals surface area contributed by atoms with Gasteiger partial charge in [-0.15, -0.1) is 0 Å². The molecule has 1 N–H and O–H groups in total. The average molecular weight is 373 g/mol. The van der Waals surface area contributed by atoms with Gasteiger partial charge in [0.2, 0.25) is 0 Å². The third-order valence-corrected chi connectivity index (χ3v) is 5.56. The first-order valence-electron chi connectivity index (χ1n) is 9.36. The van der Waals surface area contributed by atoms with E-state index in [-0.39, 0.29) is 0 Å². The summed E-state index contributed by atoms with van der Waals surface area (Å²) in [6.07, 6.45) is 6.65. The van der Waals surface area contributed by atoms with Crippen LogP contribution in [0.1, 0.15) is 43.0 Å². The van der Waals surface area contributed by atoms with Gasteiger partial charge in [0.15, 0.2) is 0 Å². The number of ether oxygens (including phenoxy) is 1. The third-order valence-electron chi connectivity index (χ3n) is 5.13. The van der Waals surface area contributed by atoms with Crippen molar-refractivity contribution in [3.05, 3.63) is 46.9 Å². The lowest BCUT2D eigenvalue weighted by Gasteiger charge is -2.33. The molecular weight excluding hydrogens is 348 g/mol. The minimum atomic E-state index is 0.398. The minimum Gasteiger partial charge on any atom is -0.495 e. The van der Waals surface area contributed by atoms with Crippen molar-refractivity contribution >= 4 is 17.4 Å². The number of piperidine rings is 1. The van der Waals surface area contributed by atoms with E-state index in [2.05, 4.69) is 21.3 Å². The number of hydrogen-bond donors (Lipinski definition) is 1. The van der Waals surface area contributed by atoms with Crippen LogP contribution in [0.3, 0.4) is 0 Å². The normalized spacial score (nSPS) is 20.8. The molecule has 1 aromatic heterocycles. The second-order valence-corrected chi connectivity index (χ2v) is 7.60. The fourth-order valence-corrected chi connectivity index (χ4v) is 3.86. The second-order valence-electron chi connectivity index (χ2n) is 7.23. The van der Waals surface area contributed by atoms with Crippen molar-refractivity contribution in [3.63, 3.8) is 0 Å². The van der Waals surface area contributed by atoms with E-state index >= 15 is 0 Å². The lowest BCUT2D eigenvalue weighted by atomic mass is 10.0. The lowest BCUT2D eigenvalue weighted by molar-refractivity contribution is 0.208. The number of nitrogens with zero attached hydrogens (tertiary/aromatic N) is 3. The van der Waals surface area contributed by atoms with Crippen LogP contribution in [-0.2, 0) is 6.54 Å². The maximum absolute atomic E-state index is 6.46. The van der Waals surface area contributed by atoms with Crippen molar-refractivity contribution in [3.8, 4) is 5.75 Å². The van der Waals surface area contributed by atoms with Crippen molar-refractivity contribution in [1.29, 1.82) is 0 Å². The highest BCUT2D eigenvalue weighted by Gasteiger charge is 2.27. The number of hydrogen-bond acceptors (Lipinski definition) is 5. The van der Waals surface area contributed by atoms with Crippen LogP contribution in [-0.4, -0.2) is 41.1 Å². The Labute approximate surface area is 159 Å². The van der Waals surface area contributed by atoms with E-state index in [9.17, 15) is 0 Å². The number of anilines is 1. The summed E-state index contributed by atoms with van der Waals surface area (Å²) in [4.78, 5) is 11.5. The molecule has 4 rings (SSSR count). The minimum absolute atomic E-state index is 0.398. The van der Waals surface area contributed by atoms with E-state index in [1.54, 1.807) is 7.11 Å². The molecule has 0 bridgehead atoms. The summed E-state index contributed by atoms with van der Waals surface area (Å²) in [7, 11) is 1.66. The first-order chi connectivity index (χ1) is 12.7. The molecule has 1 saturated heterocycles. The molecule has 6 heteroatoms. The van der Waals surface area contributed by atoms with Crippen molar-refractivity contribution in [1.82, 2.24) is 14.9 Å². The quantitative estimate of drug-likeness (QED) is 0.827. The average Bonchev–Trinajstić information content (AvgIpc) is 3.49. The van der Waals surface area contributed by atoms with Gasteiger partial charge in [0.05, 0.1) is 12.1 Å². The Morgan fingerprint density at radius 2 is 2.15 bits per heavy atom. The Morgan fingerprint density at radius 1 is 1.27 bits per heavy atom. The molecule has 1 aliphatic carbocycles. The smallest absolute Gasteiger partial charge is 0.137 e. The van der Waals surface area contributed by atoms with E-state index in [4.69, 9.17) is 21.3 Å². The number of aromatic nitrogens is 2. The number of nitrogens with one attached hydrogen (secondary N) is 1. The number of rotatable bonds is 6. The molecule has 0 spiro atoms. The molecule has 1 saturated carbocycles. The van der Waals surface area contributed by atoms with Gasteiger partial charge in [-0.3, -0.25) is 4.90 Å². The highest BCUT2D eigenvalue weighted by atomic mass is 35.5. The predicted molar refractivity (Wildman–Crippen MR) is 104 cm³/mol. The summed E-state index contributed by atoms with van der Waals surface area (Å²) in [5, 5.41) is 4.32. The van der Waals surface area contributed by atoms with Gasteiger partial charge < -0.3 is 10.1 Å². The SMILES string of the molecule is COc1cccc(CN2CCCC(Nc3ccnc(C4CC4)n3)C2)c1Cl. The molecule has 1 aromatic carbocycles. The zero-order valence-corrected chi connectivity index (χ0v) is 15.9. The van der Waals surface area contributed by atoms with E-state index < -0.39 is 0 Å². The van der Waals surface area contributed by atoms with E-state index in [0.717, 1.165) is 54.0 Å². The number of halogens is 1. The maximum atomic E-state index is 6.46. The standard InChI is InChI=1S/C20H25ClN4O/c1-26-17-6-2-4-15(19(17)21)12-25-11-3-5-16(13-25)23-18-9-10-22-20(24-18)14-7-8-14/h2,4,6,9-10,14,16H,3,5,7-8,11-13H2,1H3,(H,22,23,24). The Morgan fingerprint density at radius 3 is 2.96 bits per heavy atom. The van der Waals surface area contributed by atoms with Gasteiger partial charge in [0.25, 0.3) is 0 Å². The zero-order chi connectivity index (χ0) is 17.9. The van der Waals surface area contributed by atoms with Crippen LogP contribution in [0.15, 0.2) is 30.5 Å². The molecule has 5 nitrogen and oxygen atoms in total. The van der Waals surface area contributed by atoms with Crippen molar-refractivity contribution in [2.45, 2.75) is 44.2 Å². The Balaban J connectivity index is 1.39. The van der Waals surface area contributed by atoms with Crippen molar-refractivity contribution < 1.29 is 4.74 Å². The van der Waals surface area contributed by atoms with Crippen molar-refractivity contribution in [2.75, 3.05) is 25.5 Å². The van der Waals surface area contributed by atoms with Crippen LogP contribution in [0.4, 0.5) is 5.82 Å². The fourth-order valence-electron chi connectivity index (χ4n) is 3.60. The monoisotopic (exact) mass is 372 g/mol. The Hall–Kier alpha value is -1.85. The molecule has 1 unspecified atom stereocenters. The van der Waals surface area contributed by atoms with Crippen LogP contribution in [0.25, 0.3) is 0 Å². The molecule has 2 fully saturated rings. The molecule has 2 heterocycles. The van der Waals surface area contributed by atoms with Gasteiger partial charge in [-0.2, -0.15) is 0 Å². The molecule has 26 heavy (non-hydrogen) atoms.